The van der Waals surface area contributed by atoms with Gasteiger partial charge in [0.05, 0.1) is 19.2 Å². The number of aryl methyl sites for hydroxylation is 1. The summed E-state index contributed by atoms with van der Waals surface area (Å²) < 4.78 is 4.76. The molecule has 8 nitrogen and oxygen atoms in total. The smallest absolute Gasteiger partial charge is 0.341 e. The van der Waals surface area contributed by atoms with Gasteiger partial charge in [-0.2, -0.15) is 0 Å². The first-order valence-electron chi connectivity index (χ1n) is 9.07. The van der Waals surface area contributed by atoms with Crippen LogP contribution >= 0.6 is 11.3 Å². The van der Waals surface area contributed by atoms with E-state index in [1.165, 1.54) is 31.3 Å². The minimum absolute atomic E-state index is 0.00753. The molecule has 2 fully saturated rings. The summed E-state index contributed by atoms with van der Waals surface area (Å²) >= 11 is 1.28. The Hall–Kier alpha value is -2.13. The number of esters is 1. The second-order valence-electron chi connectivity index (χ2n) is 7.30. The van der Waals surface area contributed by atoms with Gasteiger partial charge >= 0.3 is 18.0 Å². The van der Waals surface area contributed by atoms with Crippen LogP contribution in [-0.4, -0.2) is 60.3 Å². The van der Waals surface area contributed by atoms with Crippen LogP contribution in [0.2, 0.25) is 0 Å². The lowest BCUT2D eigenvalue weighted by Crippen LogP contribution is -2.55. The topological polar surface area (TPSA) is 108 Å². The number of hydrogen-bond donors (Lipinski definition) is 3. The first-order chi connectivity index (χ1) is 12.9. The lowest BCUT2D eigenvalue weighted by molar-refractivity contribution is -0.139. The van der Waals surface area contributed by atoms with E-state index in [1.54, 1.807) is 12.3 Å². The van der Waals surface area contributed by atoms with Crippen LogP contribution in [0.1, 0.15) is 41.6 Å². The summed E-state index contributed by atoms with van der Waals surface area (Å²) in [5, 5.41) is 17.0. The Balaban J connectivity index is 1.49. The zero-order chi connectivity index (χ0) is 19.6. The van der Waals surface area contributed by atoms with Crippen molar-refractivity contribution in [2.45, 2.75) is 44.7 Å². The largest absolute Gasteiger partial charge is 0.480 e. The van der Waals surface area contributed by atoms with Crippen LogP contribution < -0.4 is 10.6 Å². The van der Waals surface area contributed by atoms with E-state index in [4.69, 9.17) is 9.84 Å². The van der Waals surface area contributed by atoms with Crippen LogP contribution in [0, 0.1) is 12.8 Å². The van der Waals surface area contributed by atoms with Gasteiger partial charge in [0.1, 0.15) is 5.00 Å². The highest BCUT2D eigenvalue weighted by Gasteiger charge is 2.37. The van der Waals surface area contributed by atoms with Gasteiger partial charge in [-0.1, -0.05) is 0 Å². The maximum Gasteiger partial charge on any atom is 0.341 e. The molecule has 27 heavy (non-hydrogen) atoms. The van der Waals surface area contributed by atoms with Crippen LogP contribution in [0.25, 0.3) is 0 Å². The van der Waals surface area contributed by atoms with Crippen molar-refractivity contribution in [3.63, 3.8) is 0 Å². The Bertz CT molecular complexity index is 725. The van der Waals surface area contributed by atoms with Crippen LogP contribution in [0.3, 0.4) is 0 Å². The molecule has 0 aromatic carbocycles. The number of hydrogen-bond acceptors (Lipinski definition) is 6. The van der Waals surface area contributed by atoms with Crippen LogP contribution in [-0.2, 0) is 9.53 Å². The van der Waals surface area contributed by atoms with Gasteiger partial charge in [-0.05, 0) is 49.5 Å². The minimum atomic E-state index is -0.812. The van der Waals surface area contributed by atoms with E-state index in [9.17, 15) is 14.4 Å². The summed E-state index contributed by atoms with van der Waals surface area (Å²) in [7, 11) is 1.31. The Morgan fingerprint density at radius 2 is 2.04 bits per heavy atom. The standard InChI is InChI=1S/C18H25N3O5S/c1-10-9-27-16(15(10)17(24)26-2)20-18(25)19-12-5-13(6-12)21(8-14(22)23)7-11-3-4-11/h9,11-13H,3-8H2,1-2H3,(H,22,23)(H2,19,20,25). The quantitative estimate of drug-likeness (QED) is 0.583. The third-order valence-corrected chi connectivity index (χ3v) is 6.10. The lowest BCUT2D eigenvalue weighted by atomic mass is 9.85. The Morgan fingerprint density at radius 1 is 1.33 bits per heavy atom. The van der Waals surface area contributed by atoms with Crippen LogP contribution in [0.4, 0.5) is 9.80 Å². The second-order valence-corrected chi connectivity index (χ2v) is 8.18. The molecule has 1 aromatic rings. The van der Waals surface area contributed by atoms with Crippen molar-refractivity contribution >= 4 is 34.3 Å². The van der Waals surface area contributed by atoms with E-state index < -0.39 is 11.9 Å². The van der Waals surface area contributed by atoms with Gasteiger partial charge in [-0.3, -0.25) is 15.0 Å². The summed E-state index contributed by atoms with van der Waals surface area (Å²) in [5.41, 5.74) is 1.14. The number of amides is 2. The molecule has 0 atom stereocenters. The summed E-state index contributed by atoms with van der Waals surface area (Å²) in [5.74, 6) is -0.663. The molecule has 3 rings (SSSR count). The molecule has 2 amide bonds. The van der Waals surface area contributed by atoms with Crippen molar-refractivity contribution < 1.29 is 24.2 Å². The summed E-state index contributed by atoms with van der Waals surface area (Å²) in [6, 6.07) is -0.160. The predicted molar refractivity (Wildman–Crippen MR) is 101 cm³/mol. The monoisotopic (exact) mass is 395 g/mol. The zero-order valence-corrected chi connectivity index (χ0v) is 16.3. The predicted octanol–water partition coefficient (Wildman–Crippen LogP) is 2.29. The molecule has 2 saturated carbocycles. The molecule has 2 aliphatic rings. The summed E-state index contributed by atoms with van der Waals surface area (Å²) in [4.78, 5) is 37.2. The van der Waals surface area contributed by atoms with Crippen molar-refractivity contribution in [2.75, 3.05) is 25.5 Å². The molecule has 0 spiro atoms. The molecule has 0 unspecified atom stereocenters. The maximum atomic E-state index is 12.3. The third kappa shape index (κ3) is 4.98. The first kappa shape index (κ1) is 19.6. The van der Waals surface area contributed by atoms with Crippen molar-refractivity contribution in [2.24, 2.45) is 5.92 Å². The number of nitrogens with one attached hydrogen (secondary N) is 2. The van der Waals surface area contributed by atoms with Crippen molar-refractivity contribution in [1.82, 2.24) is 10.2 Å². The molecule has 1 heterocycles. The number of thiophene rings is 1. The van der Waals surface area contributed by atoms with E-state index in [2.05, 4.69) is 10.6 Å². The average Bonchev–Trinajstić information content (AvgIpc) is 3.31. The fraction of sp³-hybridized carbons (Fsp3) is 0.611. The van der Waals surface area contributed by atoms with Crippen LogP contribution in [0.5, 0.6) is 0 Å². The zero-order valence-electron chi connectivity index (χ0n) is 15.5. The van der Waals surface area contributed by atoms with Crippen molar-refractivity contribution in [3.8, 4) is 0 Å². The van der Waals surface area contributed by atoms with Crippen LogP contribution in [0.15, 0.2) is 5.38 Å². The Morgan fingerprint density at radius 3 is 2.63 bits per heavy atom. The number of rotatable bonds is 8. The third-order valence-electron chi connectivity index (χ3n) is 5.08. The van der Waals surface area contributed by atoms with E-state index >= 15 is 0 Å². The number of ether oxygens (including phenoxy) is 1. The summed E-state index contributed by atoms with van der Waals surface area (Å²) in [6.45, 7) is 2.67. The molecule has 9 heteroatoms. The van der Waals surface area contributed by atoms with Gasteiger partial charge in [0.15, 0.2) is 0 Å². The van der Waals surface area contributed by atoms with Gasteiger partial charge in [0, 0.05) is 18.6 Å². The van der Waals surface area contributed by atoms with Gasteiger partial charge in [-0.15, -0.1) is 11.3 Å². The minimum Gasteiger partial charge on any atom is -0.480 e. The normalized spacial score (nSPS) is 21.4. The van der Waals surface area contributed by atoms with Gasteiger partial charge < -0.3 is 15.2 Å². The van der Waals surface area contributed by atoms with Crippen molar-refractivity contribution in [1.29, 1.82) is 0 Å². The molecule has 0 aliphatic heterocycles. The summed E-state index contributed by atoms with van der Waals surface area (Å²) in [6.07, 6.45) is 3.83. The van der Waals surface area contributed by atoms with Gasteiger partial charge in [0.25, 0.3) is 0 Å². The maximum absolute atomic E-state index is 12.3. The number of nitrogens with zero attached hydrogens (tertiary/aromatic N) is 1. The number of anilines is 1. The highest BCUT2D eigenvalue weighted by atomic mass is 32.1. The number of methoxy groups -OCH3 is 1. The highest BCUT2D eigenvalue weighted by Crippen LogP contribution is 2.34. The van der Waals surface area contributed by atoms with Gasteiger partial charge in [-0.25, -0.2) is 9.59 Å². The van der Waals surface area contributed by atoms with E-state index in [-0.39, 0.29) is 24.7 Å². The molecular weight excluding hydrogens is 370 g/mol. The van der Waals surface area contributed by atoms with E-state index in [0.29, 0.717) is 16.5 Å². The number of carboxylic acids is 1. The molecule has 0 saturated heterocycles. The number of aliphatic carboxylic acids is 1. The Labute approximate surface area is 161 Å². The fourth-order valence-corrected chi connectivity index (χ4v) is 4.30. The fourth-order valence-electron chi connectivity index (χ4n) is 3.37. The number of carbonyl (C=O) groups excluding carboxylic acids is 2. The molecule has 3 N–H and O–H groups in total. The first-order valence-corrected chi connectivity index (χ1v) is 9.95. The number of urea groups is 1. The molecule has 0 radical (unpaired) electrons. The highest BCUT2D eigenvalue weighted by molar-refractivity contribution is 7.15. The van der Waals surface area contributed by atoms with E-state index in [1.807, 2.05) is 4.90 Å². The van der Waals surface area contributed by atoms with Crippen molar-refractivity contribution in [3.05, 3.63) is 16.5 Å². The molecule has 1 aromatic heterocycles. The molecule has 148 valence electrons. The number of carbonyl (C=O) groups is 3. The SMILES string of the molecule is COC(=O)c1c(C)csc1NC(=O)NC1CC(N(CC(=O)O)CC2CC2)C1. The molecular formula is C18H25N3O5S. The second kappa shape index (κ2) is 8.26. The average molecular weight is 395 g/mol. The number of carboxylic acid groups (broad SMARTS) is 1. The molecule has 2 aliphatic carbocycles. The molecule has 0 bridgehead atoms. The Kier molecular flexibility index (Phi) is 6.01. The van der Waals surface area contributed by atoms with Gasteiger partial charge in [0.2, 0.25) is 0 Å². The lowest BCUT2D eigenvalue weighted by Gasteiger charge is -2.42. The van der Waals surface area contributed by atoms with E-state index in [0.717, 1.165) is 24.9 Å².